The first-order chi connectivity index (χ1) is 15.7. The number of methoxy groups -OCH3 is 2. The summed E-state index contributed by atoms with van der Waals surface area (Å²) in [5.74, 6) is -2.75. The maximum atomic E-state index is 12.8. The summed E-state index contributed by atoms with van der Waals surface area (Å²) >= 11 is 0. The number of rotatable bonds is 8. The Bertz CT molecular complexity index is 1040. The molecule has 4 N–H and O–H groups in total. The number of aromatic nitrogens is 2. The van der Waals surface area contributed by atoms with Gasteiger partial charge in [0.2, 0.25) is 5.91 Å². The van der Waals surface area contributed by atoms with Crippen LogP contribution in [0.3, 0.4) is 0 Å². The predicted molar refractivity (Wildman–Crippen MR) is 116 cm³/mol. The van der Waals surface area contributed by atoms with E-state index in [1.165, 1.54) is 31.5 Å². The average molecular weight is 455 g/mol. The molecular formula is C22H25N5O6. The zero-order valence-electron chi connectivity index (χ0n) is 18.2. The third-order valence-electron chi connectivity index (χ3n) is 5.62. The first-order valence-corrected chi connectivity index (χ1v) is 10.1. The van der Waals surface area contributed by atoms with Gasteiger partial charge in [0.25, 0.3) is 0 Å². The molecule has 0 saturated carbocycles. The van der Waals surface area contributed by atoms with E-state index in [1.54, 1.807) is 24.3 Å². The molecule has 1 aliphatic heterocycles. The Hall–Kier alpha value is -3.86. The summed E-state index contributed by atoms with van der Waals surface area (Å²) in [6.45, 7) is -0.170. The number of benzene rings is 1. The van der Waals surface area contributed by atoms with Gasteiger partial charge in [-0.25, -0.2) is 9.97 Å². The molecule has 1 amide bonds. The molecule has 174 valence electrons. The van der Waals surface area contributed by atoms with E-state index in [-0.39, 0.29) is 25.3 Å². The monoisotopic (exact) mass is 455 g/mol. The van der Waals surface area contributed by atoms with Crippen molar-refractivity contribution in [2.75, 3.05) is 27.3 Å². The zero-order chi connectivity index (χ0) is 24.1. The summed E-state index contributed by atoms with van der Waals surface area (Å²) in [6.07, 6.45) is 1.63. The Balaban J connectivity index is 1.81. The molecule has 1 fully saturated rings. The van der Waals surface area contributed by atoms with Crippen molar-refractivity contribution >= 4 is 23.7 Å². The van der Waals surface area contributed by atoms with Crippen LogP contribution < -0.4 is 5.73 Å². The lowest BCUT2D eigenvalue weighted by atomic mass is 9.84. The number of amides is 1. The Morgan fingerprint density at radius 2 is 1.79 bits per heavy atom. The normalized spacial score (nSPS) is 18.6. The molecule has 0 radical (unpaired) electrons. The molecule has 1 aromatic carbocycles. The van der Waals surface area contributed by atoms with Crippen molar-refractivity contribution in [1.82, 2.24) is 14.9 Å². The third-order valence-corrected chi connectivity index (χ3v) is 5.62. The number of hydrogen-bond acceptors (Lipinski definition) is 9. The molecule has 1 aliphatic rings. The number of aliphatic hydroxyl groups is 1. The van der Waals surface area contributed by atoms with E-state index in [0.29, 0.717) is 22.5 Å². The summed E-state index contributed by atoms with van der Waals surface area (Å²) in [4.78, 5) is 46.0. The number of carbonyl (C=O) groups excluding carboxylic acids is 3. The van der Waals surface area contributed by atoms with Gasteiger partial charge in [-0.15, -0.1) is 0 Å². The largest absolute Gasteiger partial charge is 0.469 e. The van der Waals surface area contributed by atoms with Gasteiger partial charge in [-0.05, 0) is 5.56 Å². The second-order valence-electron chi connectivity index (χ2n) is 7.62. The smallest absolute Gasteiger partial charge is 0.325 e. The van der Waals surface area contributed by atoms with Gasteiger partial charge in [0.1, 0.15) is 12.4 Å². The number of esters is 2. The maximum Gasteiger partial charge on any atom is 0.325 e. The van der Waals surface area contributed by atoms with Crippen molar-refractivity contribution in [2.45, 2.75) is 12.5 Å². The van der Waals surface area contributed by atoms with Gasteiger partial charge in [-0.3, -0.25) is 19.8 Å². The van der Waals surface area contributed by atoms with Gasteiger partial charge in [0.05, 0.1) is 38.2 Å². The number of nitrogen functional groups attached to an aromatic ring is 1. The molecule has 0 aliphatic carbocycles. The molecule has 0 spiro atoms. The van der Waals surface area contributed by atoms with Gasteiger partial charge in [-0.1, -0.05) is 24.3 Å². The topological polar surface area (TPSA) is 169 Å². The number of nitrogens with zero attached hydrogens (tertiary/aromatic N) is 3. The minimum Gasteiger partial charge on any atom is -0.469 e. The van der Waals surface area contributed by atoms with Crippen LogP contribution in [0.2, 0.25) is 0 Å². The van der Waals surface area contributed by atoms with E-state index < -0.39 is 35.8 Å². The highest BCUT2D eigenvalue weighted by molar-refractivity contribution is 5.94. The summed E-state index contributed by atoms with van der Waals surface area (Å²) < 4.78 is 9.34. The number of carbonyl (C=O) groups is 3. The van der Waals surface area contributed by atoms with Crippen molar-refractivity contribution in [2.24, 2.45) is 17.6 Å². The van der Waals surface area contributed by atoms with Crippen molar-refractivity contribution in [1.29, 1.82) is 5.41 Å². The van der Waals surface area contributed by atoms with Crippen LogP contribution in [0.4, 0.5) is 0 Å². The molecule has 2 heterocycles. The number of likely N-dealkylation sites (tertiary alicyclic amines) is 1. The molecule has 33 heavy (non-hydrogen) atoms. The van der Waals surface area contributed by atoms with Crippen LogP contribution >= 0.6 is 0 Å². The molecular weight excluding hydrogens is 430 g/mol. The highest BCUT2D eigenvalue weighted by atomic mass is 16.5. The predicted octanol–water partition coefficient (Wildman–Crippen LogP) is 0.272. The molecule has 11 nitrogen and oxygen atoms in total. The molecule has 1 saturated heterocycles. The Morgan fingerprint density at radius 3 is 2.33 bits per heavy atom. The summed E-state index contributed by atoms with van der Waals surface area (Å²) in [6, 6.07) is 6.81. The summed E-state index contributed by atoms with van der Waals surface area (Å²) in [7, 11) is 2.45. The summed E-state index contributed by atoms with van der Waals surface area (Å²) in [5.41, 5.74) is 7.04. The van der Waals surface area contributed by atoms with Crippen LogP contribution in [0.1, 0.15) is 23.7 Å². The lowest BCUT2D eigenvalue weighted by Crippen LogP contribution is -2.33. The molecule has 2 aromatic rings. The van der Waals surface area contributed by atoms with Gasteiger partial charge in [0.15, 0.2) is 5.82 Å². The highest BCUT2D eigenvalue weighted by Gasteiger charge is 2.45. The number of hydrogen-bond donors (Lipinski definition) is 3. The second kappa shape index (κ2) is 10.2. The average Bonchev–Trinajstić information content (AvgIpc) is 3.13. The molecule has 0 unspecified atom stereocenters. The van der Waals surface area contributed by atoms with E-state index in [4.69, 9.17) is 15.9 Å². The van der Waals surface area contributed by atoms with E-state index in [2.05, 4.69) is 14.7 Å². The van der Waals surface area contributed by atoms with Gasteiger partial charge < -0.3 is 25.2 Å². The number of aliphatic hydroxyl groups excluding tert-OH is 1. The van der Waals surface area contributed by atoms with Crippen LogP contribution in [0.25, 0.3) is 11.4 Å². The van der Waals surface area contributed by atoms with Crippen molar-refractivity contribution in [3.63, 3.8) is 0 Å². The number of ether oxygens (including phenoxy) is 2. The van der Waals surface area contributed by atoms with Gasteiger partial charge >= 0.3 is 11.9 Å². The van der Waals surface area contributed by atoms with Crippen LogP contribution in [-0.2, 0) is 23.9 Å². The van der Waals surface area contributed by atoms with E-state index >= 15 is 0 Å². The van der Waals surface area contributed by atoms with Crippen LogP contribution in [0, 0.1) is 17.2 Å². The van der Waals surface area contributed by atoms with Crippen LogP contribution in [-0.4, -0.2) is 71.0 Å². The SMILES string of the molecule is COC(=O)C[C@@H]1C(=O)N(CC(=O)OC)C[C@H]1[C@H](O)c1ccc(-c2ncc(C(=N)N)cn2)cc1. The minimum atomic E-state index is -1.07. The standard InChI is InChI=1S/C22H25N5O6/c1-32-17(28)7-15-16(10-27(22(15)31)11-18(29)33-2)19(30)12-3-5-13(6-4-12)21-25-8-14(9-26-21)20(23)24/h3-6,8-9,15-16,19,30H,7,10-11H2,1-2H3,(H3,23,24)/t15-,16+,19+/m0/s1. The van der Waals surface area contributed by atoms with Crippen LogP contribution in [0.15, 0.2) is 36.7 Å². The minimum absolute atomic E-state index is 0.0914. The highest BCUT2D eigenvalue weighted by Crippen LogP contribution is 2.37. The Kier molecular flexibility index (Phi) is 7.34. The van der Waals surface area contributed by atoms with Crippen LogP contribution in [0.5, 0.6) is 0 Å². The Morgan fingerprint density at radius 1 is 1.18 bits per heavy atom. The van der Waals surface area contributed by atoms with E-state index in [1.807, 2.05) is 0 Å². The van der Waals surface area contributed by atoms with Crippen molar-refractivity contribution < 1.29 is 29.0 Å². The molecule has 3 atom stereocenters. The van der Waals surface area contributed by atoms with Gasteiger partial charge in [-0.2, -0.15) is 0 Å². The molecule has 0 bridgehead atoms. The lowest BCUT2D eigenvalue weighted by Gasteiger charge is -2.22. The van der Waals surface area contributed by atoms with Crippen molar-refractivity contribution in [3.8, 4) is 11.4 Å². The Labute approximate surface area is 190 Å². The quantitative estimate of drug-likeness (QED) is 0.287. The lowest BCUT2D eigenvalue weighted by molar-refractivity contribution is -0.148. The number of nitrogens with two attached hydrogens (primary N) is 1. The third kappa shape index (κ3) is 5.32. The fourth-order valence-corrected chi connectivity index (χ4v) is 3.77. The maximum absolute atomic E-state index is 12.8. The first-order valence-electron chi connectivity index (χ1n) is 10.1. The number of amidine groups is 1. The summed E-state index contributed by atoms with van der Waals surface area (Å²) in [5, 5.41) is 18.4. The number of nitrogens with one attached hydrogen (secondary N) is 1. The second-order valence-corrected chi connectivity index (χ2v) is 7.62. The van der Waals surface area contributed by atoms with Gasteiger partial charge in [0, 0.05) is 30.4 Å². The molecule has 1 aromatic heterocycles. The molecule has 3 rings (SSSR count). The van der Waals surface area contributed by atoms with E-state index in [9.17, 15) is 19.5 Å². The zero-order valence-corrected chi connectivity index (χ0v) is 18.2. The first kappa shape index (κ1) is 23.8. The van der Waals surface area contributed by atoms with E-state index in [0.717, 1.165) is 0 Å². The van der Waals surface area contributed by atoms with Crippen molar-refractivity contribution in [3.05, 3.63) is 47.8 Å². The fourth-order valence-electron chi connectivity index (χ4n) is 3.77. The molecule has 11 heteroatoms. The fraction of sp³-hybridized carbons (Fsp3) is 0.364.